The number of rotatable bonds is 5. The first kappa shape index (κ1) is 17.1. The lowest BCUT2D eigenvalue weighted by Gasteiger charge is -2.08. The summed E-state index contributed by atoms with van der Waals surface area (Å²) in [5.74, 6) is 0.638. The van der Waals surface area contributed by atoms with Gasteiger partial charge in [0.1, 0.15) is 0 Å². The normalized spacial score (nSPS) is 10.6. The molecule has 2 rings (SSSR count). The van der Waals surface area contributed by atoms with Crippen molar-refractivity contribution in [2.75, 3.05) is 14.2 Å². The smallest absolute Gasteiger partial charge is 0.271 e. The van der Waals surface area contributed by atoms with Gasteiger partial charge in [0.15, 0.2) is 11.5 Å². The summed E-state index contributed by atoms with van der Waals surface area (Å²) < 4.78 is 10.3. The van der Waals surface area contributed by atoms with E-state index in [1.165, 1.54) is 20.4 Å². The average Bonchev–Trinajstić information content (AvgIpc) is 2.57. The number of ether oxygens (including phenoxy) is 2. The molecule has 2 aromatic rings. The minimum absolute atomic E-state index is 0.373. The van der Waals surface area contributed by atoms with E-state index in [2.05, 4.69) is 10.5 Å². The third kappa shape index (κ3) is 4.37. The van der Waals surface area contributed by atoms with Gasteiger partial charge in [0.2, 0.25) is 0 Å². The number of amides is 1. The number of nitrogens with one attached hydrogen (secondary N) is 1. The number of carbonyl (C=O) groups is 1. The van der Waals surface area contributed by atoms with Crippen molar-refractivity contribution in [1.82, 2.24) is 5.43 Å². The van der Waals surface area contributed by atoms with Gasteiger partial charge >= 0.3 is 0 Å². The summed E-state index contributed by atoms with van der Waals surface area (Å²) in [7, 11) is 3.03. The van der Waals surface area contributed by atoms with Gasteiger partial charge in [-0.2, -0.15) is 5.10 Å². The maximum Gasteiger partial charge on any atom is 0.271 e. The predicted molar refractivity (Wildman–Crippen MR) is 91.1 cm³/mol. The van der Waals surface area contributed by atoms with Crippen LogP contribution in [0.3, 0.4) is 0 Å². The molecule has 1 amide bonds. The Hall–Kier alpha value is -2.24. The van der Waals surface area contributed by atoms with Gasteiger partial charge in [-0.25, -0.2) is 5.43 Å². The number of hydrazone groups is 1. The molecule has 0 unspecified atom stereocenters. The summed E-state index contributed by atoms with van der Waals surface area (Å²) in [6.45, 7) is 0. The van der Waals surface area contributed by atoms with Crippen molar-refractivity contribution in [1.29, 1.82) is 0 Å². The average molecular weight is 353 g/mol. The lowest BCUT2D eigenvalue weighted by atomic mass is 10.2. The van der Waals surface area contributed by atoms with Gasteiger partial charge in [0.05, 0.1) is 30.5 Å². The molecule has 0 aliphatic rings. The molecule has 0 aliphatic heterocycles. The summed E-state index contributed by atoms with van der Waals surface area (Å²) in [6, 6.07) is 9.88. The number of hydrogen-bond donors (Lipinski definition) is 1. The Labute approximate surface area is 143 Å². The molecule has 0 aromatic heterocycles. The van der Waals surface area contributed by atoms with Crippen LogP contribution in [0, 0.1) is 0 Å². The standard InChI is InChI=1S/C16H14Cl2N2O3/c1-22-14-6-4-11(8-15(14)23-2)16(21)20-19-9-10-3-5-12(17)13(18)7-10/h3-9H,1-2H3,(H,20,21)/b19-9+. The van der Waals surface area contributed by atoms with Crippen LogP contribution in [0.5, 0.6) is 11.5 Å². The molecule has 0 fully saturated rings. The SMILES string of the molecule is COc1ccc(C(=O)N/N=C/c2ccc(Cl)c(Cl)c2)cc1OC. The van der Waals surface area contributed by atoms with E-state index < -0.39 is 0 Å². The van der Waals surface area contributed by atoms with E-state index in [0.717, 1.165) is 0 Å². The number of benzene rings is 2. The molecule has 1 N–H and O–H groups in total. The van der Waals surface area contributed by atoms with Gasteiger partial charge in [-0.15, -0.1) is 0 Å². The lowest BCUT2D eigenvalue weighted by molar-refractivity contribution is 0.0954. The molecule has 23 heavy (non-hydrogen) atoms. The quantitative estimate of drug-likeness (QED) is 0.658. The van der Waals surface area contributed by atoms with Gasteiger partial charge in [-0.1, -0.05) is 29.3 Å². The Kier molecular flexibility index (Phi) is 5.84. The Bertz CT molecular complexity index is 748. The molecule has 2 aromatic carbocycles. The number of nitrogens with zero attached hydrogens (tertiary/aromatic N) is 1. The van der Waals surface area contributed by atoms with Crippen LogP contribution < -0.4 is 14.9 Å². The molecule has 5 nitrogen and oxygen atoms in total. The predicted octanol–water partition coefficient (Wildman–Crippen LogP) is 3.77. The molecule has 0 radical (unpaired) electrons. The number of hydrogen-bond acceptors (Lipinski definition) is 4. The largest absolute Gasteiger partial charge is 0.493 e. The molecule has 0 heterocycles. The molecule has 0 spiro atoms. The van der Waals surface area contributed by atoms with Crippen LogP contribution in [0.1, 0.15) is 15.9 Å². The first-order valence-corrected chi connectivity index (χ1v) is 7.31. The van der Waals surface area contributed by atoms with Gasteiger partial charge in [0, 0.05) is 5.56 Å². The molecule has 0 saturated heterocycles. The molecular weight excluding hydrogens is 339 g/mol. The van der Waals surface area contributed by atoms with Crippen LogP contribution in [0.4, 0.5) is 0 Å². The molecule has 0 aliphatic carbocycles. The molecule has 120 valence electrons. The van der Waals surface area contributed by atoms with Crippen molar-refractivity contribution in [2.24, 2.45) is 5.10 Å². The summed E-state index contributed by atoms with van der Waals surface area (Å²) in [4.78, 5) is 12.1. The maximum atomic E-state index is 12.1. The first-order chi connectivity index (χ1) is 11.0. The van der Waals surface area contributed by atoms with Gasteiger partial charge in [-0.3, -0.25) is 4.79 Å². The highest BCUT2D eigenvalue weighted by Crippen LogP contribution is 2.27. The van der Waals surface area contributed by atoms with Crippen LogP contribution >= 0.6 is 23.2 Å². The molecule has 0 atom stereocenters. The Morgan fingerprint density at radius 1 is 1.04 bits per heavy atom. The van der Waals surface area contributed by atoms with Crippen molar-refractivity contribution >= 4 is 35.3 Å². The summed E-state index contributed by atoms with van der Waals surface area (Å²) in [5, 5.41) is 4.76. The highest BCUT2D eigenvalue weighted by Gasteiger charge is 2.09. The molecular formula is C16H14Cl2N2O3. The van der Waals surface area contributed by atoms with E-state index in [0.29, 0.717) is 32.7 Å². The minimum atomic E-state index is -0.373. The van der Waals surface area contributed by atoms with E-state index in [-0.39, 0.29) is 5.91 Å². The maximum absolute atomic E-state index is 12.1. The van der Waals surface area contributed by atoms with Crippen molar-refractivity contribution in [3.8, 4) is 11.5 Å². The second-order valence-electron chi connectivity index (χ2n) is 4.44. The minimum Gasteiger partial charge on any atom is -0.493 e. The van der Waals surface area contributed by atoms with Crippen LogP contribution in [-0.4, -0.2) is 26.3 Å². The third-order valence-corrected chi connectivity index (χ3v) is 3.71. The third-order valence-electron chi connectivity index (χ3n) is 2.97. The summed E-state index contributed by atoms with van der Waals surface area (Å²) in [5.41, 5.74) is 3.54. The van der Waals surface area contributed by atoms with E-state index in [9.17, 15) is 4.79 Å². The van der Waals surface area contributed by atoms with E-state index in [1.807, 2.05) is 0 Å². The molecule has 0 bridgehead atoms. The Morgan fingerprint density at radius 3 is 2.43 bits per heavy atom. The van der Waals surface area contributed by atoms with Gasteiger partial charge < -0.3 is 9.47 Å². The second-order valence-corrected chi connectivity index (χ2v) is 5.26. The molecule has 7 heteroatoms. The first-order valence-electron chi connectivity index (χ1n) is 6.55. The monoisotopic (exact) mass is 352 g/mol. The van der Waals surface area contributed by atoms with Crippen LogP contribution in [-0.2, 0) is 0 Å². The number of carbonyl (C=O) groups excluding carboxylic acids is 1. The topological polar surface area (TPSA) is 59.9 Å². The van der Waals surface area contributed by atoms with Gasteiger partial charge in [-0.05, 0) is 35.9 Å². The zero-order chi connectivity index (χ0) is 16.8. The number of methoxy groups -OCH3 is 2. The van der Waals surface area contributed by atoms with Crippen molar-refractivity contribution in [2.45, 2.75) is 0 Å². The molecule has 0 saturated carbocycles. The van der Waals surface area contributed by atoms with Crippen molar-refractivity contribution in [3.63, 3.8) is 0 Å². The second kappa shape index (κ2) is 7.85. The van der Waals surface area contributed by atoms with E-state index in [4.69, 9.17) is 32.7 Å². The summed E-state index contributed by atoms with van der Waals surface area (Å²) in [6.07, 6.45) is 1.47. The fourth-order valence-electron chi connectivity index (χ4n) is 1.80. The number of halogens is 2. The van der Waals surface area contributed by atoms with Gasteiger partial charge in [0.25, 0.3) is 5.91 Å². The fourth-order valence-corrected chi connectivity index (χ4v) is 2.11. The van der Waals surface area contributed by atoms with Crippen molar-refractivity contribution in [3.05, 3.63) is 57.6 Å². The van der Waals surface area contributed by atoms with Crippen LogP contribution in [0.15, 0.2) is 41.5 Å². The highest BCUT2D eigenvalue weighted by molar-refractivity contribution is 6.42. The van der Waals surface area contributed by atoms with Crippen molar-refractivity contribution < 1.29 is 14.3 Å². The summed E-state index contributed by atoms with van der Waals surface area (Å²) >= 11 is 11.7. The fraction of sp³-hybridized carbons (Fsp3) is 0.125. The van der Waals surface area contributed by atoms with E-state index in [1.54, 1.807) is 36.4 Å². The zero-order valence-corrected chi connectivity index (χ0v) is 14.0. The van der Waals surface area contributed by atoms with E-state index >= 15 is 0 Å². The zero-order valence-electron chi connectivity index (χ0n) is 12.5. The Balaban J connectivity index is 2.07. The highest BCUT2D eigenvalue weighted by atomic mass is 35.5. The van der Waals surface area contributed by atoms with Crippen LogP contribution in [0.2, 0.25) is 10.0 Å². The Morgan fingerprint density at radius 2 is 1.78 bits per heavy atom. The lowest BCUT2D eigenvalue weighted by Crippen LogP contribution is -2.17. The van der Waals surface area contributed by atoms with Crippen LogP contribution in [0.25, 0.3) is 0 Å².